The van der Waals surface area contributed by atoms with E-state index in [-0.39, 0.29) is 17.0 Å². The molecule has 4 rings (SSSR count). The number of hydrogen-bond donors (Lipinski definition) is 4. The first-order chi connectivity index (χ1) is 18.9. The van der Waals surface area contributed by atoms with Gasteiger partial charge in [0.25, 0.3) is 5.69 Å². The van der Waals surface area contributed by atoms with Crippen molar-refractivity contribution >= 4 is 29.4 Å². The Morgan fingerprint density at radius 3 is 2.51 bits per heavy atom. The lowest BCUT2D eigenvalue weighted by molar-refractivity contribution is -0.387. The number of rotatable bonds is 7. The lowest BCUT2D eigenvalue weighted by atomic mass is 9.40. The zero-order valence-electron chi connectivity index (χ0n) is 24.2. The Bertz CT molecular complexity index is 1260. The zero-order chi connectivity index (χ0) is 30.8. The van der Waals surface area contributed by atoms with Crippen LogP contribution < -0.4 is 4.72 Å². The Balaban J connectivity index is 1.72. The number of hydrogen-bond acceptors (Lipinski definition) is 11. The Morgan fingerprint density at radius 2 is 1.90 bits per heavy atom. The average Bonchev–Trinajstić information content (AvgIpc) is 2.90. The molecule has 226 valence electrons. The predicted molar refractivity (Wildman–Crippen MR) is 151 cm³/mol. The summed E-state index contributed by atoms with van der Waals surface area (Å²) in [5, 5.41) is 47.2. The Hall–Kier alpha value is -2.35. The largest absolute Gasteiger partial charge is 0.455 e. The topological polar surface area (TPSA) is 168 Å². The highest BCUT2D eigenvalue weighted by molar-refractivity contribution is 7.97. The van der Waals surface area contributed by atoms with Gasteiger partial charge in [-0.25, -0.2) is 4.72 Å². The molecule has 0 aromatic heterocycles. The van der Waals surface area contributed by atoms with Gasteiger partial charge in [-0.2, -0.15) is 0 Å². The highest BCUT2D eigenvalue weighted by Gasteiger charge is 2.81. The van der Waals surface area contributed by atoms with Crippen molar-refractivity contribution in [3.05, 3.63) is 47.0 Å². The number of ether oxygens (including phenoxy) is 2. The predicted octanol–water partition coefficient (Wildman–Crippen LogP) is 3.09. The molecule has 41 heavy (non-hydrogen) atoms. The van der Waals surface area contributed by atoms with Crippen molar-refractivity contribution in [1.29, 1.82) is 0 Å². The number of carbonyl (C=O) groups excluding carboxylic acids is 2. The second kappa shape index (κ2) is 10.4. The second-order valence-corrected chi connectivity index (χ2v) is 13.7. The van der Waals surface area contributed by atoms with Gasteiger partial charge in [-0.15, -0.1) is 6.58 Å². The molecule has 4 N–H and O–H groups in total. The molecule has 1 unspecified atom stereocenters. The minimum atomic E-state index is -2.33. The molecule has 2 aliphatic carbocycles. The maximum atomic E-state index is 14.0. The fourth-order valence-corrected chi connectivity index (χ4v) is 8.40. The van der Waals surface area contributed by atoms with Crippen molar-refractivity contribution < 1.29 is 39.3 Å². The van der Waals surface area contributed by atoms with E-state index >= 15 is 0 Å². The molecule has 0 radical (unpaired) electrons. The Kier molecular flexibility index (Phi) is 8.03. The molecule has 1 aliphatic heterocycles. The van der Waals surface area contributed by atoms with Crippen LogP contribution in [0.2, 0.25) is 0 Å². The third-order valence-electron chi connectivity index (χ3n) is 9.73. The van der Waals surface area contributed by atoms with Crippen LogP contribution in [0.15, 0.2) is 41.8 Å². The second-order valence-electron chi connectivity index (χ2n) is 12.9. The number of benzene rings is 1. The molecular weight excluding hydrogens is 552 g/mol. The van der Waals surface area contributed by atoms with Crippen molar-refractivity contribution in [2.45, 2.75) is 107 Å². The lowest BCUT2D eigenvalue weighted by Gasteiger charge is -2.71. The highest BCUT2D eigenvalue weighted by atomic mass is 32.2. The van der Waals surface area contributed by atoms with Crippen molar-refractivity contribution in [3.63, 3.8) is 0 Å². The summed E-state index contributed by atoms with van der Waals surface area (Å²) >= 11 is 0.881. The molecule has 1 aromatic carbocycles. The van der Waals surface area contributed by atoms with Gasteiger partial charge in [0, 0.05) is 23.8 Å². The lowest BCUT2D eigenvalue weighted by Crippen LogP contribution is -2.86. The first-order valence-electron chi connectivity index (χ1n) is 13.7. The summed E-state index contributed by atoms with van der Waals surface area (Å²) in [6.45, 7) is 13.7. The van der Waals surface area contributed by atoms with E-state index in [0.29, 0.717) is 12.8 Å². The van der Waals surface area contributed by atoms with Crippen molar-refractivity contribution in [1.82, 2.24) is 4.72 Å². The summed E-state index contributed by atoms with van der Waals surface area (Å²) in [5.74, 6) is -2.27. The molecule has 2 saturated carbocycles. The van der Waals surface area contributed by atoms with Gasteiger partial charge in [-0.3, -0.25) is 19.7 Å². The van der Waals surface area contributed by atoms with E-state index in [4.69, 9.17) is 9.47 Å². The van der Waals surface area contributed by atoms with Gasteiger partial charge in [-0.05, 0) is 57.0 Å². The molecule has 1 saturated heterocycles. The van der Waals surface area contributed by atoms with E-state index in [1.807, 2.05) is 13.8 Å². The maximum Gasteiger partial charge on any atom is 0.324 e. The van der Waals surface area contributed by atoms with Crippen molar-refractivity contribution in [2.75, 3.05) is 0 Å². The standard InChI is InChI=1S/C29H40N2O9S/c1-8-26(5)15-20(33)29(36)27(6)19(32)13-14-25(3,4)22(27)21(34)23(28(29,7)40-26)39-24(35)16(2)30-41-18-12-10-9-11-17(18)31(37)38/h8-12,16,19,21-23,30,32,34,36H,1,13-15H2,2-7H3/t16?,19-,21-,22-,23-,26-,27-,28+,29-/m0/s1. The van der Waals surface area contributed by atoms with Crippen LogP contribution in [-0.2, 0) is 19.1 Å². The quantitative estimate of drug-likeness (QED) is 0.121. The van der Waals surface area contributed by atoms with E-state index in [9.17, 15) is 35.0 Å². The Labute approximate surface area is 244 Å². The monoisotopic (exact) mass is 592 g/mol. The molecule has 12 heteroatoms. The van der Waals surface area contributed by atoms with Gasteiger partial charge in [-0.1, -0.05) is 39.0 Å². The number of nitrogens with zero attached hydrogens (tertiary/aromatic N) is 1. The highest BCUT2D eigenvalue weighted by Crippen LogP contribution is 2.67. The van der Waals surface area contributed by atoms with Crippen molar-refractivity contribution in [3.8, 4) is 0 Å². The number of Topliss-reactive ketones (excluding diaryl/α,β-unsaturated/α-hetero) is 1. The van der Waals surface area contributed by atoms with Crippen molar-refractivity contribution in [2.24, 2.45) is 16.7 Å². The normalized spacial score (nSPS) is 40.6. The smallest absolute Gasteiger partial charge is 0.324 e. The maximum absolute atomic E-state index is 14.0. The van der Waals surface area contributed by atoms with Crippen LogP contribution in [-0.4, -0.2) is 73.2 Å². The fourth-order valence-electron chi connectivity index (χ4n) is 7.60. The van der Waals surface area contributed by atoms with Gasteiger partial charge in [0.05, 0.1) is 22.7 Å². The average molecular weight is 593 g/mol. The van der Waals surface area contributed by atoms with E-state index in [0.717, 1.165) is 11.9 Å². The van der Waals surface area contributed by atoms with E-state index in [1.165, 1.54) is 38.1 Å². The fraction of sp³-hybridized carbons (Fsp3) is 0.655. The molecule has 0 spiro atoms. The SMILES string of the molecule is C=C[C@@]1(C)CC(=O)[C@]2(O)[C@@]3(C)[C@@H](O)CCC(C)(C)[C@@H]3[C@H](O)[C@H](OC(=O)C(C)NSc3ccccc3[N+](=O)[O-])[C@@]2(C)O1. The third kappa shape index (κ3) is 4.63. The molecule has 0 amide bonds. The molecular formula is C29H40N2O9S. The number of nitrogens with one attached hydrogen (secondary N) is 1. The van der Waals surface area contributed by atoms with Gasteiger partial charge in [0.1, 0.15) is 16.5 Å². The minimum Gasteiger partial charge on any atom is -0.455 e. The minimum absolute atomic E-state index is 0.138. The molecule has 0 bridgehead atoms. The van der Waals surface area contributed by atoms with E-state index in [2.05, 4.69) is 11.3 Å². The number of carbonyl (C=O) groups is 2. The molecule has 11 nitrogen and oxygen atoms in total. The first-order valence-corrected chi connectivity index (χ1v) is 14.5. The van der Waals surface area contributed by atoms with E-state index < -0.39 is 74.6 Å². The van der Waals surface area contributed by atoms with E-state index in [1.54, 1.807) is 19.9 Å². The van der Waals surface area contributed by atoms with Crippen LogP contribution in [0.1, 0.15) is 60.8 Å². The number of nitro benzene ring substituents is 1. The van der Waals surface area contributed by atoms with Crippen LogP contribution in [0.25, 0.3) is 0 Å². The molecule has 1 aromatic rings. The molecule has 1 heterocycles. The molecule has 3 aliphatic rings. The summed E-state index contributed by atoms with van der Waals surface area (Å²) in [5.41, 5.74) is -7.86. The Morgan fingerprint density at radius 1 is 1.27 bits per heavy atom. The van der Waals surface area contributed by atoms with Crippen LogP contribution in [0.3, 0.4) is 0 Å². The zero-order valence-corrected chi connectivity index (χ0v) is 25.1. The van der Waals surface area contributed by atoms with Crippen LogP contribution >= 0.6 is 11.9 Å². The van der Waals surface area contributed by atoms with Crippen LogP contribution in [0, 0.1) is 26.9 Å². The molecule has 9 atom stereocenters. The van der Waals surface area contributed by atoms with Gasteiger partial charge in [0.15, 0.2) is 17.5 Å². The first kappa shape index (κ1) is 31.6. The summed E-state index contributed by atoms with van der Waals surface area (Å²) in [7, 11) is 0. The summed E-state index contributed by atoms with van der Waals surface area (Å²) in [4.78, 5) is 38.6. The number of nitro groups is 1. The third-order valence-corrected chi connectivity index (χ3v) is 10.8. The number of fused-ring (bicyclic) bond motifs is 3. The molecule has 3 fully saturated rings. The van der Waals surface area contributed by atoms with Crippen LogP contribution in [0.4, 0.5) is 5.69 Å². The van der Waals surface area contributed by atoms with Gasteiger partial charge < -0.3 is 24.8 Å². The van der Waals surface area contributed by atoms with Crippen LogP contribution in [0.5, 0.6) is 0 Å². The number of ketones is 1. The summed E-state index contributed by atoms with van der Waals surface area (Å²) in [6, 6.07) is 5.03. The number of para-hydroxylation sites is 1. The number of esters is 1. The summed E-state index contributed by atoms with van der Waals surface area (Å²) in [6.07, 6.45) is -2.06. The van der Waals surface area contributed by atoms with Gasteiger partial charge >= 0.3 is 5.97 Å². The number of aliphatic hydroxyl groups is 3. The number of aliphatic hydroxyl groups excluding tert-OH is 2. The van der Waals surface area contributed by atoms with Gasteiger partial charge in [0.2, 0.25) is 0 Å². The summed E-state index contributed by atoms with van der Waals surface area (Å²) < 4.78 is 15.2.